The van der Waals surface area contributed by atoms with E-state index in [2.05, 4.69) is 6.07 Å². The molecule has 26 heavy (non-hydrogen) atoms. The van der Waals surface area contributed by atoms with Crippen molar-refractivity contribution in [3.63, 3.8) is 0 Å². The van der Waals surface area contributed by atoms with Crippen molar-refractivity contribution in [2.45, 2.75) is 31.4 Å². The number of esters is 1. The van der Waals surface area contributed by atoms with Crippen LogP contribution in [0, 0.1) is 16.7 Å². The minimum absolute atomic E-state index is 0.126. The van der Waals surface area contributed by atoms with Crippen LogP contribution in [0.4, 0.5) is 0 Å². The van der Waals surface area contributed by atoms with E-state index in [1.807, 2.05) is 30.3 Å². The van der Waals surface area contributed by atoms with Crippen molar-refractivity contribution in [1.29, 1.82) is 5.26 Å². The Morgan fingerprint density at radius 2 is 1.73 bits per heavy atom. The summed E-state index contributed by atoms with van der Waals surface area (Å²) in [7, 11) is 0. The highest BCUT2D eigenvalue weighted by Gasteiger charge is 2.23. The molecule has 0 spiro atoms. The highest BCUT2D eigenvalue weighted by atomic mass is 32.2. The van der Waals surface area contributed by atoms with Crippen LogP contribution in [0.3, 0.4) is 0 Å². The number of carbonyl (C=O) groups is 2. The van der Waals surface area contributed by atoms with Crippen molar-refractivity contribution in [2.75, 3.05) is 6.61 Å². The number of nitriles is 1. The standard InChI is InChI=1S/C21H21NO3S/c1-21(2,3)19(23)13-25-20(24)17-10-6-7-11-18(17)26-14-16-9-5-4-8-15(16)12-22/h4-11H,13-14H2,1-3H3. The van der Waals surface area contributed by atoms with Crippen LogP contribution in [0.5, 0.6) is 0 Å². The van der Waals surface area contributed by atoms with Crippen molar-refractivity contribution in [2.24, 2.45) is 5.41 Å². The number of hydrogen-bond donors (Lipinski definition) is 0. The van der Waals surface area contributed by atoms with Gasteiger partial charge in [-0.15, -0.1) is 11.8 Å². The van der Waals surface area contributed by atoms with Gasteiger partial charge in [0.05, 0.1) is 17.2 Å². The van der Waals surface area contributed by atoms with Gasteiger partial charge in [0, 0.05) is 16.1 Å². The third kappa shape index (κ3) is 5.21. The van der Waals surface area contributed by atoms with Gasteiger partial charge in [-0.25, -0.2) is 4.79 Å². The Bertz CT molecular complexity index is 847. The third-order valence-electron chi connectivity index (χ3n) is 3.80. The maximum Gasteiger partial charge on any atom is 0.339 e. The summed E-state index contributed by atoms with van der Waals surface area (Å²) in [5, 5.41) is 9.18. The molecule has 2 aromatic carbocycles. The molecule has 2 aromatic rings. The van der Waals surface area contributed by atoms with Gasteiger partial charge in [-0.1, -0.05) is 51.1 Å². The van der Waals surface area contributed by atoms with E-state index in [0.717, 1.165) is 10.5 Å². The van der Waals surface area contributed by atoms with Crippen molar-refractivity contribution in [3.8, 4) is 6.07 Å². The van der Waals surface area contributed by atoms with Gasteiger partial charge >= 0.3 is 5.97 Å². The molecule has 0 aliphatic carbocycles. The number of rotatable bonds is 6. The fourth-order valence-electron chi connectivity index (χ4n) is 2.10. The molecule has 2 rings (SSSR count). The predicted octanol–water partition coefficient (Wildman–Crippen LogP) is 4.62. The molecule has 0 radical (unpaired) electrons. The quantitative estimate of drug-likeness (QED) is 0.550. The second-order valence-electron chi connectivity index (χ2n) is 6.80. The van der Waals surface area contributed by atoms with Gasteiger partial charge in [0.15, 0.2) is 12.4 Å². The van der Waals surface area contributed by atoms with Gasteiger partial charge in [-0.3, -0.25) is 4.79 Å². The second kappa shape index (κ2) is 8.68. The summed E-state index contributed by atoms with van der Waals surface area (Å²) in [6.07, 6.45) is 0. The highest BCUT2D eigenvalue weighted by Crippen LogP contribution is 2.28. The van der Waals surface area contributed by atoms with Crippen molar-refractivity contribution >= 4 is 23.5 Å². The molecule has 0 heterocycles. The zero-order valence-electron chi connectivity index (χ0n) is 15.1. The zero-order chi connectivity index (χ0) is 19.2. The minimum Gasteiger partial charge on any atom is -0.454 e. The van der Waals surface area contributed by atoms with E-state index in [0.29, 0.717) is 16.9 Å². The van der Waals surface area contributed by atoms with Crippen molar-refractivity contribution < 1.29 is 14.3 Å². The van der Waals surface area contributed by atoms with Gasteiger partial charge < -0.3 is 4.74 Å². The van der Waals surface area contributed by atoms with Crippen LogP contribution in [0.25, 0.3) is 0 Å². The molecule has 0 fully saturated rings. The van der Waals surface area contributed by atoms with E-state index in [9.17, 15) is 14.9 Å². The van der Waals surface area contributed by atoms with E-state index in [4.69, 9.17) is 4.74 Å². The van der Waals surface area contributed by atoms with E-state index in [-0.39, 0.29) is 12.4 Å². The number of carbonyl (C=O) groups excluding carboxylic acids is 2. The Morgan fingerprint density at radius 3 is 2.42 bits per heavy atom. The smallest absolute Gasteiger partial charge is 0.339 e. The zero-order valence-corrected chi connectivity index (χ0v) is 15.9. The average molecular weight is 367 g/mol. The lowest BCUT2D eigenvalue weighted by atomic mass is 9.91. The lowest BCUT2D eigenvalue weighted by molar-refractivity contribution is -0.129. The lowest BCUT2D eigenvalue weighted by Crippen LogP contribution is -2.26. The van der Waals surface area contributed by atoms with Gasteiger partial charge in [-0.05, 0) is 23.8 Å². The second-order valence-corrected chi connectivity index (χ2v) is 7.82. The molecule has 0 bridgehead atoms. The Labute approximate surface area is 158 Å². The van der Waals surface area contributed by atoms with Crippen LogP contribution in [0.1, 0.15) is 42.3 Å². The molecular weight excluding hydrogens is 346 g/mol. The molecule has 0 aliphatic heterocycles. The van der Waals surface area contributed by atoms with E-state index in [1.165, 1.54) is 11.8 Å². The van der Waals surface area contributed by atoms with Crippen LogP contribution < -0.4 is 0 Å². The SMILES string of the molecule is CC(C)(C)C(=O)COC(=O)c1ccccc1SCc1ccccc1C#N. The van der Waals surface area contributed by atoms with Crippen LogP contribution in [-0.2, 0) is 15.3 Å². The Morgan fingerprint density at radius 1 is 1.08 bits per heavy atom. The van der Waals surface area contributed by atoms with Crippen LogP contribution >= 0.6 is 11.8 Å². The number of ether oxygens (including phenoxy) is 1. The first-order chi connectivity index (χ1) is 12.3. The van der Waals surface area contributed by atoms with E-state index < -0.39 is 11.4 Å². The molecule has 134 valence electrons. The van der Waals surface area contributed by atoms with Crippen molar-refractivity contribution in [3.05, 3.63) is 65.2 Å². The topological polar surface area (TPSA) is 67.2 Å². The monoisotopic (exact) mass is 367 g/mol. The largest absolute Gasteiger partial charge is 0.454 e. The molecule has 4 nitrogen and oxygen atoms in total. The summed E-state index contributed by atoms with van der Waals surface area (Å²) in [5.41, 5.74) is 1.41. The van der Waals surface area contributed by atoms with Crippen LogP contribution in [0.15, 0.2) is 53.4 Å². The first-order valence-electron chi connectivity index (χ1n) is 8.23. The molecule has 0 amide bonds. The van der Waals surface area contributed by atoms with Crippen molar-refractivity contribution in [1.82, 2.24) is 0 Å². The maximum absolute atomic E-state index is 12.4. The van der Waals surface area contributed by atoms with E-state index >= 15 is 0 Å². The Hall–Kier alpha value is -2.58. The molecular formula is C21H21NO3S. The average Bonchev–Trinajstić information content (AvgIpc) is 2.63. The summed E-state index contributed by atoms with van der Waals surface area (Å²) < 4.78 is 5.20. The molecule has 0 aliphatic rings. The molecule has 5 heteroatoms. The molecule has 0 saturated heterocycles. The minimum atomic E-state index is -0.546. The number of Topliss-reactive ketones (excluding diaryl/α,β-unsaturated/α-hetero) is 1. The molecule has 0 N–H and O–H groups in total. The molecule has 0 saturated carbocycles. The normalized spacial score (nSPS) is 10.8. The number of benzene rings is 2. The summed E-state index contributed by atoms with van der Waals surface area (Å²) in [6, 6.07) is 16.7. The highest BCUT2D eigenvalue weighted by molar-refractivity contribution is 7.98. The number of hydrogen-bond acceptors (Lipinski definition) is 5. The Balaban J connectivity index is 2.09. The lowest BCUT2D eigenvalue weighted by Gasteiger charge is -2.16. The Kier molecular flexibility index (Phi) is 6.59. The predicted molar refractivity (Wildman–Crippen MR) is 102 cm³/mol. The summed E-state index contributed by atoms with van der Waals surface area (Å²) >= 11 is 1.46. The molecule has 0 aromatic heterocycles. The number of nitrogens with zero attached hydrogens (tertiary/aromatic N) is 1. The van der Waals surface area contributed by atoms with Crippen LogP contribution in [-0.4, -0.2) is 18.4 Å². The fourth-order valence-corrected chi connectivity index (χ4v) is 3.14. The number of thioether (sulfide) groups is 1. The van der Waals surface area contributed by atoms with Gasteiger partial charge in [0.1, 0.15) is 0 Å². The van der Waals surface area contributed by atoms with Gasteiger partial charge in [-0.2, -0.15) is 5.26 Å². The summed E-state index contributed by atoms with van der Waals surface area (Å²) in [6.45, 7) is 5.14. The summed E-state index contributed by atoms with van der Waals surface area (Å²) in [4.78, 5) is 25.1. The first-order valence-corrected chi connectivity index (χ1v) is 9.21. The van der Waals surface area contributed by atoms with Gasteiger partial charge in [0.25, 0.3) is 0 Å². The van der Waals surface area contributed by atoms with Gasteiger partial charge in [0.2, 0.25) is 0 Å². The summed E-state index contributed by atoms with van der Waals surface area (Å²) in [5.74, 6) is -0.0761. The first kappa shape index (κ1) is 19.7. The number of ketones is 1. The molecule has 0 atom stereocenters. The maximum atomic E-state index is 12.4. The van der Waals surface area contributed by atoms with E-state index in [1.54, 1.807) is 39.0 Å². The third-order valence-corrected chi connectivity index (χ3v) is 4.92. The fraction of sp³-hybridized carbons (Fsp3) is 0.286. The van der Waals surface area contributed by atoms with Crippen LogP contribution in [0.2, 0.25) is 0 Å². The molecule has 0 unspecified atom stereocenters.